The van der Waals surface area contributed by atoms with E-state index in [1.165, 1.54) is 31.4 Å². The molecule has 0 aromatic heterocycles. The number of nitrogens with two attached hydrogens (primary N) is 1. The molecule has 0 unspecified atom stereocenters. The predicted octanol–water partition coefficient (Wildman–Crippen LogP) is 1.41. The molecule has 0 aliphatic heterocycles. The van der Waals surface area contributed by atoms with Crippen LogP contribution in [0.3, 0.4) is 0 Å². The van der Waals surface area contributed by atoms with Crippen molar-refractivity contribution < 1.29 is 17.9 Å². The molecular formula is C13H16N2O4S. The Morgan fingerprint density at radius 1 is 1.35 bits per heavy atom. The van der Waals surface area contributed by atoms with E-state index in [1.807, 2.05) is 6.92 Å². The molecule has 20 heavy (non-hydrogen) atoms. The largest absolute Gasteiger partial charge is 0.495 e. The van der Waals surface area contributed by atoms with Gasteiger partial charge in [-0.1, -0.05) is 18.2 Å². The smallest absolute Gasteiger partial charge is 0.248 e. The van der Waals surface area contributed by atoms with Crippen LogP contribution in [0.2, 0.25) is 0 Å². The molecule has 0 bridgehead atoms. The summed E-state index contributed by atoms with van der Waals surface area (Å²) in [7, 11) is -2.59. The number of ether oxygens (including phenoxy) is 1. The summed E-state index contributed by atoms with van der Waals surface area (Å²) in [5.41, 5.74) is 0.310. The Hall–Kier alpha value is -2.12. The Balaban J connectivity index is 3.02. The maximum absolute atomic E-state index is 11.6. The Morgan fingerprint density at radius 3 is 2.60 bits per heavy atom. The minimum atomic E-state index is -3.93. The van der Waals surface area contributed by atoms with Crippen LogP contribution >= 0.6 is 0 Å². The summed E-state index contributed by atoms with van der Waals surface area (Å²) < 4.78 is 27.8. The molecule has 1 rings (SSSR count). The van der Waals surface area contributed by atoms with E-state index in [0.717, 1.165) is 0 Å². The van der Waals surface area contributed by atoms with Crippen molar-refractivity contribution in [2.24, 2.45) is 5.14 Å². The molecule has 0 saturated heterocycles. The van der Waals surface area contributed by atoms with Gasteiger partial charge in [0.1, 0.15) is 10.6 Å². The van der Waals surface area contributed by atoms with Crippen molar-refractivity contribution in [1.82, 2.24) is 0 Å². The first-order chi connectivity index (χ1) is 9.38. The molecule has 6 nitrogen and oxygen atoms in total. The summed E-state index contributed by atoms with van der Waals surface area (Å²) in [6.07, 6.45) is 6.36. The molecule has 0 heterocycles. The molecule has 7 heteroatoms. The molecular weight excluding hydrogens is 280 g/mol. The standard InChI is InChI=1S/C13H16N2O4S/c1-3-4-5-6-13(16)15-10-7-8-11(19-2)12(9-10)20(14,17)18/h3-9H,1-2H3,(H,15,16)(H2,14,17,18). The van der Waals surface area contributed by atoms with Gasteiger partial charge in [0.25, 0.3) is 0 Å². The monoisotopic (exact) mass is 296 g/mol. The van der Waals surface area contributed by atoms with E-state index in [0.29, 0.717) is 5.69 Å². The fourth-order valence-corrected chi connectivity index (χ4v) is 2.14. The van der Waals surface area contributed by atoms with Gasteiger partial charge >= 0.3 is 0 Å². The Labute approximate surface area is 118 Å². The number of hydrogen-bond acceptors (Lipinski definition) is 4. The summed E-state index contributed by atoms with van der Waals surface area (Å²) in [5.74, 6) is -0.261. The van der Waals surface area contributed by atoms with Crippen molar-refractivity contribution in [2.75, 3.05) is 12.4 Å². The van der Waals surface area contributed by atoms with Crippen molar-refractivity contribution in [3.05, 3.63) is 42.5 Å². The first-order valence-electron chi connectivity index (χ1n) is 5.69. The maximum atomic E-state index is 11.6. The first kappa shape index (κ1) is 15.9. The minimum absolute atomic E-state index is 0.120. The number of primary sulfonamides is 1. The van der Waals surface area contributed by atoms with Gasteiger partial charge < -0.3 is 10.1 Å². The predicted molar refractivity (Wildman–Crippen MR) is 77.0 cm³/mol. The van der Waals surface area contributed by atoms with Gasteiger partial charge in [-0.05, 0) is 25.1 Å². The van der Waals surface area contributed by atoms with Crippen LogP contribution in [0.1, 0.15) is 6.92 Å². The fourth-order valence-electron chi connectivity index (χ4n) is 1.41. The third-order valence-electron chi connectivity index (χ3n) is 2.29. The summed E-state index contributed by atoms with van der Waals surface area (Å²) in [4.78, 5) is 11.4. The van der Waals surface area contributed by atoms with Gasteiger partial charge in [-0.15, -0.1) is 0 Å². The lowest BCUT2D eigenvalue weighted by Gasteiger charge is -2.09. The number of carbonyl (C=O) groups excluding carboxylic acids is 1. The third kappa shape index (κ3) is 4.52. The van der Waals surface area contributed by atoms with Gasteiger partial charge in [0, 0.05) is 11.8 Å². The van der Waals surface area contributed by atoms with Crippen LogP contribution in [0.25, 0.3) is 0 Å². The van der Waals surface area contributed by atoms with Gasteiger partial charge in [0.2, 0.25) is 15.9 Å². The van der Waals surface area contributed by atoms with E-state index < -0.39 is 10.0 Å². The number of hydrogen-bond donors (Lipinski definition) is 2. The molecule has 0 saturated carbocycles. The maximum Gasteiger partial charge on any atom is 0.248 e. The number of methoxy groups -OCH3 is 1. The number of benzene rings is 1. The summed E-state index contributed by atoms with van der Waals surface area (Å²) in [6, 6.07) is 4.19. The van der Waals surface area contributed by atoms with Gasteiger partial charge in [0.05, 0.1) is 7.11 Å². The highest BCUT2D eigenvalue weighted by Gasteiger charge is 2.15. The van der Waals surface area contributed by atoms with Gasteiger partial charge in [0.15, 0.2) is 0 Å². The number of amides is 1. The Kier molecular flexibility index (Phi) is 5.48. The molecule has 108 valence electrons. The van der Waals surface area contributed by atoms with Gasteiger partial charge in [-0.25, -0.2) is 13.6 Å². The lowest BCUT2D eigenvalue weighted by Crippen LogP contribution is -2.15. The highest BCUT2D eigenvalue weighted by molar-refractivity contribution is 7.89. The van der Waals surface area contributed by atoms with E-state index >= 15 is 0 Å². The van der Waals surface area contributed by atoms with Gasteiger partial charge in [-0.2, -0.15) is 0 Å². The van der Waals surface area contributed by atoms with Crippen LogP contribution in [-0.4, -0.2) is 21.4 Å². The van der Waals surface area contributed by atoms with E-state index in [2.05, 4.69) is 5.32 Å². The highest BCUT2D eigenvalue weighted by Crippen LogP contribution is 2.25. The van der Waals surface area contributed by atoms with Crippen LogP contribution in [0.15, 0.2) is 47.4 Å². The zero-order valence-corrected chi connectivity index (χ0v) is 12.0. The molecule has 0 spiro atoms. The normalized spacial score (nSPS) is 11.9. The molecule has 1 aromatic rings. The average molecular weight is 296 g/mol. The van der Waals surface area contributed by atoms with Crippen LogP contribution in [0.4, 0.5) is 5.69 Å². The van der Waals surface area contributed by atoms with E-state index in [9.17, 15) is 13.2 Å². The first-order valence-corrected chi connectivity index (χ1v) is 7.24. The number of rotatable bonds is 5. The van der Waals surface area contributed by atoms with Crippen molar-refractivity contribution in [1.29, 1.82) is 0 Å². The number of carbonyl (C=O) groups is 1. The Bertz CT molecular complexity index is 648. The van der Waals surface area contributed by atoms with Crippen LogP contribution in [0, 0.1) is 0 Å². The SMILES string of the molecule is CC=CC=CC(=O)Nc1ccc(OC)c(S(N)(=O)=O)c1. The molecule has 0 fully saturated rings. The zero-order valence-electron chi connectivity index (χ0n) is 11.2. The quantitative estimate of drug-likeness (QED) is 0.634. The van der Waals surface area contributed by atoms with Crippen molar-refractivity contribution in [3.63, 3.8) is 0 Å². The van der Waals surface area contributed by atoms with E-state index in [4.69, 9.17) is 9.88 Å². The van der Waals surface area contributed by atoms with Crippen molar-refractivity contribution in [2.45, 2.75) is 11.8 Å². The average Bonchev–Trinajstić information content (AvgIpc) is 2.38. The second-order valence-electron chi connectivity index (χ2n) is 3.78. The molecule has 1 aromatic carbocycles. The second kappa shape index (κ2) is 6.88. The molecule has 3 N–H and O–H groups in total. The van der Waals surface area contributed by atoms with Crippen LogP contribution in [0.5, 0.6) is 5.75 Å². The summed E-state index contributed by atoms with van der Waals surface area (Å²) >= 11 is 0. The van der Waals surface area contributed by atoms with Crippen molar-refractivity contribution >= 4 is 21.6 Å². The summed E-state index contributed by atoms with van der Waals surface area (Å²) in [5, 5.41) is 7.62. The van der Waals surface area contributed by atoms with E-state index in [-0.39, 0.29) is 16.6 Å². The highest BCUT2D eigenvalue weighted by atomic mass is 32.2. The topological polar surface area (TPSA) is 98.5 Å². The fraction of sp³-hybridized carbons (Fsp3) is 0.154. The number of allylic oxidation sites excluding steroid dienone is 3. The minimum Gasteiger partial charge on any atom is -0.495 e. The molecule has 0 radical (unpaired) electrons. The molecule has 0 aliphatic rings. The number of anilines is 1. The molecule has 0 atom stereocenters. The lowest BCUT2D eigenvalue weighted by molar-refractivity contribution is -0.111. The second-order valence-corrected chi connectivity index (χ2v) is 5.31. The van der Waals surface area contributed by atoms with Crippen LogP contribution < -0.4 is 15.2 Å². The van der Waals surface area contributed by atoms with Crippen LogP contribution in [-0.2, 0) is 14.8 Å². The summed E-state index contributed by atoms with van der Waals surface area (Å²) in [6.45, 7) is 1.82. The number of nitrogens with one attached hydrogen (secondary N) is 1. The Morgan fingerprint density at radius 2 is 2.05 bits per heavy atom. The molecule has 1 amide bonds. The lowest BCUT2D eigenvalue weighted by atomic mass is 10.3. The third-order valence-corrected chi connectivity index (χ3v) is 3.22. The van der Waals surface area contributed by atoms with Crippen molar-refractivity contribution in [3.8, 4) is 5.75 Å². The van der Waals surface area contributed by atoms with Gasteiger partial charge in [-0.3, -0.25) is 4.79 Å². The molecule has 0 aliphatic carbocycles. The number of sulfonamides is 1. The van der Waals surface area contributed by atoms with E-state index in [1.54, 1.807) is 18.2 Å². The zero-order chi connectivity index (χ0) is 15.2.